The molecule has 1 aromatic heterocycles. The fraction of sp³-hybridized carbons (Fsp3) is 0. The van der Waals surface area contributed by atoms with Gasteiger partial charge in [-0.3, -0.25) is 0 Å². The van der Waals surface area contributed by atoms with E-state index in [4.69, 9.17) is 11.6 Å². The number of hydrogen-bond donors (Lipinski definition) is 0. The van der Waals surface area contributed by atoms with Gasteiger partial charge in [0.05, 0.1) is 0 Å². The molecule has 3 rings (SSSR count). The van der Waals surface area contributed by atoms with Crippen LogP contribution in [0, 0.1) is 29.1 Å². The van der Waals surface area contributed by atoms with E-state index >= 15 is 0 Å². The highest BCUT2D eigenvalue weighted by Crippen LogP contribution is 2.32. The van der Waals surface area contributed by atoms with Crippen molar-refractivity contribution >= 4 is 21.7 Å². The van der Waals surface area contributed by atoms with Crippen molar-refractivity contribution in [3.63, 3.8) is 0 Å². The SMILES string of the molecule is O=S(=O)(Oc1c(F)c(F)c(F)c(F)c1F)c1cc(-c2cccc(Cl)c2)no1. The normalized spacial score (nSPS) is 11.6. The Bertz CT molecular complexity index is 1120. The van der Waals surface area contributed by atoms with Crippen LogP contribution >= 0.6 is 11.6 Å². The lowest BCUT2D eigenvalue weighted by Gasteiger charge is -2.08. The summed E-state index contributed by atoms with van der Waals surface area (Å²) in [6, 6.07) is 6.82. The van der Waals surface area contributed by atoms with E-state index in [9.17, 15) is 30.4 Å². The molecule has 0 aliphatic heterocycles. The van der Waals surface area contributed by atoms with Crippen LogP contribution in [0.3, 0.4) is 0 Å². The minimum atomic E-state index is -5.10. The quantitative estimate of drug-likeness (QED) is 0.267. The maximum absolute atomic E-state index is 13.6. The minimum absolute atomic E-state index is 0.0305. The second-order valence-electron chi connectivity index (χ2n) is 4.98. The van der Waals surface area contributed by atoms with E-state index < -0.39 is 50.0 Å². The Balaban J connectivity index is 2.00. The maximum atomic E-state index is 13.6. The first-order valence-corrected chi connectivity index (χ1v) is 8.59. The van der Waals surface area contributed by atoms with Gasteiger partial charge >= 0.3 is 10.1 Å². The van der Waals surface area contributed by atoms with Gasteiger partial charge in [-0.25, -0.2) is 13.2 Å². The molecule has 0 saturated heterocycles. The molecule has 5 nitrogen and oxygen atoms in total. The number of halogens is 6. The van der Waals surface area contributed by atoms with Crippen molar-refractivity contribution in [1.82, 2.24) is 5.16 Å². The second kappa shape index (κ2) is 6.82. The third-order valence-electron chi connectivity index (χ3n) is 3.22. The zero-order chi connectivity index (χ0) is 19.9. The molecule has 3 aromatic rings. The molecule has 0 bridgehead atoms. The van der Waals surface area contributed by atoms with E-state index in [1.807, 2.05) is 0 Å². The smallest absolute Gasteiger partial charge is 0.370 e. The first-order valence-electron chi connectivity index (χ1n) is 6.80. The Morgan fingerprint density at radius 3 is 2.11 bits per heavy atom. The molecule has 0 spiro atoms. The number of nitrogens with zero attached hydrogens (tertiary/aromatic N) is 1. The van der Waals surface area contributed by atoms with Crippen LogP contribution in [0.4, 0.5) is 22.0 Å². The average Bonchev–Trinajstić information content (AvgIpc) is 3.13. The summed E-state index contributed by atoms with van der Waals surface area (Å²) in [6.45, 7) is 0. The third-order valence-corrected chi connectivity index (χ3v) is 4.52. The Hall–Kier alpha value is -2.66. The van der Waals surface area contributed by atoms with Crippen molar-refractivity contribution in [2.45, 2.75) is 5.09 Å². The minimum Gasteiger partial charge on any atom is -0.370 e. The predicted octanol–water partition coefficient (Wildman–Crippen LogP) is 4.46. The van der Waals surface area contributed by atoms with Crippen molar-refractivity contribution in [3.8, 4) is 17.0 Å². The molecule has 0 aliphatic rings. The summed E-state index contributed by atoms with van der Waals surface area (Å²) >= 11 is 5.79. The summed E-state index contributed by atoms with van der Waals surface area (Å²) in [4.78, 5) is 0. The van der Waals surface area contributed by atoms with Crippen LogP contribution in [0.2, 0.25) is 5.02 Å². The Morgan fingerprint density at radius 1 is 0.926 bits per heavy atom. The lowest BCUT2D eigenvalue weighted by atomic mass is 10.2. The topological polar surface area (TPSA) is 69.4 Å². The van der Waals surface area contributed by atoms with Gasteiger partial charge in [-0.2, -0.15) is 17.2 Å². The van der Waals surface area contributed by atoms with Gasteiger partial charge in [-0.15, -0.1) is 0 Å². The highest BCUT2D eigenvalue weighted by molar-refractivity contribution is 7.87. The lowest BCUT2D eigenvalue weighted by Crippen LogP contribution is -2.14. The molecular weight excluding hydrogens is 421 g/mol. The first kappa shape index (κ1) is 19.1. The summed E-state index contributed by atoms with van der Waals surface area (Å²) in [5.74, 6) is -14.1. The van der Waals surface area contributed by atoms with Gasteiger partial charge in [0.2, 0.25) is 34.8 Å². The van der Waals surface area contributed by atoms with Crippen molar-refractivity contribution in [1.29, 1.82) is 0 Å². The van der Waals surface area contributed by atoms with Crippen LogP contribution in [0.15, 0.2) is 39.9 Å². The fourth-order valence-electron chi connectivity index (χ4n) is 1.97. The molecule has 0 N–H and O–H groups in total. The molecule has 0 aliphatic carbocycles. The van der Waals surface area contributed by atoms with Gasteiger partial charge in [0.1, 0.15) is 5.69 Å². The summed E-state index contributed by atoms with van der Waals surface area (Å²) in [5.41, 5.74) is 0.306. The van der Waals surface area contributed by atoms with Crippen LogP contribution in [-0.4, -0.2) is 13.6 Å². The van der Waals surface area contributed by atoms with Crippen molar-refractivity contribution in [3.05, 3.63) is 64.4 Å². The van der Waals surface area contributed by atoms with Crippen molar-refractivity contribution < 1.29 is 39.1 Å². The van der Waals surface area contributed by atoms with Crippen LogP contribution in [0.25, 0.3) is 11.3 Å². The highest BCUT2D eigenvalue weighted by atomic mass is 35.5. The molecule has 2 aromatic carbocycles. The fourth-order valence-corrected chi connectivity index (χ4v) is 2.99. The van der Waals surface area contributed by atoms with E-state index in [0.717, 1.165) is 6.07 Å². The molecule has 12 heteroatoms. The largest absolute Gasteiger partial charge is 0.376 e. The zero-order valence-corrected chi connectivity index (χ0v) is 14.2. The monoisotopic (exact) mass is 425 g/mol. The second-order valence-corrected chi connectivity index (χ2v) is 6.89. The van der Waals surface area contributed by atoms with Crippen LogP contribution in [-0.2, 0) is 10.1 Å². The Kier molecular flexibility index (Phi) is 4.82. The van der Waals surface area contributed by atoms with Crippen LogP contribution < -0.4 is 4.18 Å². The molecule has 0 atom stereocenters. The average molecular weight is 426 g/mol. The van der Waals surface area contributed by atoms with E-state index in [-0.39, 0.29) is 5.69 Å². The standard InChI is InChI=1S/C15H5ClF5NO4S/c16-7-3-1-2-6(4-7)8-5-9(25-22-8)27(23,24)26-15-13(20)11(18)10(17)12(19)14(15)21/h1-5H. The predicted molar refractivity (Wildman–Crippen MR) is 81.0 cm³/mol. The summed E-state index contributed by atoms with van der Waals surface area (Å²) < 4.78 is 99.3. The first-order chi connectivity index (χ1) is 12.6. The van der Waals surface area contributed by atoms with E-state index in [1.165, 1.54) is 24.3 Å². The lowest BCUT2D eigenvalue weighted by molar-refractivity contribution is 0.315. The van der Waals surface area contributed by atoms with E-state index in [0.29, 0.717) is 10.6 Å². The van der Waals surface area contributed by atoms with Crippen LogP contribution in [0.1, 0.15) is 0 Å². The molecule has 0 amide bonds. The van der Waals surface area contributed by atoms with Gasteiger partial charge in [0.15, 0.2) is 0 Å². The van der Waals surface area contributed by atoms with Gasteiger partial charge in [-0.1, -0.05) is 28.9 Å². The molecule has 0 radical (unpaired) electrons. The molecule has 142 valence electrons. The number of benzene rings is 2. The Labute approximate surface area is 153 Å². The summed E-state index contributed by atoms with van der Waals surface area (Å²) in [5, 5.41) is 2.72. The highest BCUT2D eigenvalue weighted by Gasteiger charge is 2.32. The zero-order valence-electron chi connectivity index (χ0n) is 12.6. The van der Waals surface area contributed by atoms with Gasteiger partial charge in [-0.05, 0) is 12.1 Å². The molecule has 1 heterocycles. The number of rotatable bonds is 4. The molecule has 27 heavy (non-hydrogen) atoms. The van der Waals surface area contributed by atoms with Gasteiger partial charge < -0.3 is 8.71 Å². The van der Waals surface area contributed by atoms with Gasteiger partial charge in [0, 0.05) is 16.7 Å². The van der Waals surface area contributed by atoms with Crippen molar-refractivity contribution in [2.75, 3.05) is 0 Å². The van der Waals surface area contributed by atoms with E-state index in [2.05, 4.69) is 13.9 Å². The van der Waals surface area contributed by atoms with Gasteiger partial charge in [0.25, 0.3) is 5.09 Å². The van der Waals surface area contributed by atoms with E-state index in [1.54, 1.807) is 0 Å². The van der Waals surface area contributed by atoms with Crippen molar-refractivity contribution in [2.24, 2.45) is 0 Å². The number of hydrogen-bond acceptors (Lipinski definition) is 5. The molecular formula is C15H5ClF5NO4S. The summed E-state index contributed by atoms with van der Waals surface area (Å²) in [7, 11) is -5.10. The van der Waals surface area contributed by atoms with Crippen LogP contribution in [0.5, 0.6) is 5.75 Å². The Morgan fingerprint density at radius 2 is 1.52 bits per heavy atom. The summed E-state index contributed by atoms with van der Waals surface area (Å²) in [6.07, 6.45) is 0. The number of aromatic nitrogens is 1. The molecule has 0 unspecified atom stereocenters. The third kappa shape index (κ3) is 3.47. The molecule has 0 saturated carbocycles. The maximum Gasteiger partial charge on any atom is 0.376 e. The molecule has 0 fully saturated rings.